The van der Waals surface area contributed by atoms with Crippen LogP contribution in [0.4, 0.5) is 5.69 Å². The zero-order valence-electron chi connectivity index (χ0n) is 10.0. The van der Waals surface area contributed by atoms with Crippen LogP contribution >= 0.6 is 0 Å². The molecule has 0 amide bonds. The number of ether oxygens (including phenoxy) is 2. The molecule has 1 N–H and O–H groups in total. The molecule has 0 bridgehead atoms. The van der Waals surface area contributed by atoms with Gasteiger partial charge in [0, 0.05) is 25.2 Å². The van der Waals surface area contributed by atoms with Crippen LogP contribution in [-0.4, -0.2) is 37.4 Å². The average Bonchev–Trinajstić information content (AvgIpc) is 2.40. The molecule has 1 atom stereocenters. The molecule has 6 nitrogen and oxygen atoms in total. The van der Waals surface area contributed by atoms with Gasteiger partial charge in [-0.3, -0.25) is 10.1 Å². The van der Waals surface area contributed by atoms with Crippen molar-refractivity contribution in [1.82, 2.24) is 5.32 Å². The Kier molecular flexibility index (Phi) is 4.63. The van der Waals surface area contributed by atoms with Crippen molar-refractivity contribution in [2.45, 2.75) is 12.6 Å². The van der Waals surface area contributed by atoms with Gasteiger partial charge >= 0.3 is 0 Å². The first-order valence-corrected chi connectivity index (χ1v) is 5.89. The molecule has 1 unspecified atom stereocenters. The van der Waals surface area contributed by atoms with Gasteiger partial charge in [0.25, 0.3) is 5.69 Å². The largest absolute Gasteiger partial charge is 0.376 e. The van der Waals surface area contributed by atoms with Crippen molar-refractivity contribution in [3.8, 4) is 0 Å². The summed E-state index contributed by atoms with van der Waals surface area (Å²) in [6.45, 7) is 3.15. The van der Waals surface area contributed by atoms with E-state index >= 15 is 0 Å². The Balaban J connectivity index is 1.78. The van der Waals surface area contributed by atoms with E-state index in [1.807, 2.05) is 6.07 Å². The summed E-state index contributed by atoms with van der Waals surface area (Å²) in [4.78, 5) is 10.2. The maximum absolute atomic E-state index is 10.6. The number of nitrogens with zero attached hydrogens (tertiary/aromatic N) is 1. The van der Waals surface area contributed by atoms with Gasteiger partial charge in [0.15, 0.2) is 0 Å². The van der Waals surface area contributed by atoms with Crippen LogP contribution in [0.15, 0.2) is 24.3 Å². The number of hydrogen-bond donors (Lipinski definition) is 1. The first-order chi connectivity index (χ1) is 8.75. The van der Waals surface area contributed by atoms with Crippen LogP contribution in [-0.2, 0) is 16.0 Å². The molecule has 1 heterocycles. The fraction of sp³-hybridized carbons (Fsp3) is 0.500. The minimum absolute atomic E-state index is 0.0671. The Morgan fingerprint density at radius 1 is 1.44 bits per heavy atom. The van der Waals surface area contributed by atoms with Gasteiger partial charge in [-0.1, -0.05) is 12.1 Å². The van der Waals surface area contributed by atoms with Gasteiger partial charge < -0.3 is 14.8 Å². The minimum Gasteiger partial charge on any atom is -0.376 e. The average molecular weight is 252 g/mol. The molecule has 1 aromatic rings. The highest BCUT2D eigenvalue weighted by Crippen LogP contribution is 2.12. The Morgan fingerprint density at radius 3 is 3.06 bits per heavy atom. The van der Waals surface area contributed by atoms with Crippen LogP contribution in [0.3, 0.4) is 0 Å². The highest BCUT2D eigenvalue weighted by molar-refractivity contribution is 5.34. The maximum Gasteiger partial charge on any atom is 0.269 e. The molecule has 18 heavy (non-hydrogen) atoms. The first kappa shape index (κ1) is 12.9. The quantitative estimate of drug-likeness (QED) is 0.627. The van der Waals surface area contributed by atoms with Gasteiger partial charge in [0.1, 0.15) is 0 Å². The summed E-state index contributed by atoms with van der Waals surface area (Å²) in [6.07, 6.45) is 0.0671. The molecule has 0 aliphatic carbocycles. The second kappa shape index (κ2) is 6.44. The topological polar surface area (TPSA) is 73.6 Å². The fourth-order valence-electron chi connectivity index (χ4n) is 1.81. The minimum atomic E-state index is -0.387. The number of rotatable bonds is 5. The van der Waals surface area contributed by atoms with Gasteiger partial charge in [-0.15, -0.1) is 0 Å². The van der Waals surface area contributed by atoms with Gasteiger partial charge in [0.05, 0.1) is 30.8 Å². The van der Waals surface area contributed by atoms with Crippen molar-refractivity contribution in [3.63, 3.8) is 0 Å². The normalized spacial score (nSPS) is 19.7. The monoisotopic (exact) mass is 252 g/mol. The third kappa shape index (κ3) is 3.76. The lowest BCUT2D eigenvalue weighted by atomic mass is 10.2. The van der Waals surface area contributed by atoms with E-state index in [-0.39, 0.29) is 16.7 Å². The number of nitrogens with one attached hydrogen (secondary N) is 1. The van der Waals surface area contributed by atoms with Crippen molar-refractivity contribution >= 4 is 5.69 Å². The molecule has 6 heteroatoms. The van der Waals surface area contributed by atoms with Crippen LogP contribution in [0.1, 0.15) is 5.56 Å². The van der Waals surface area contributed by atoms with Crippen molar-refractivity contribution in [2.24, 2.45) is 0 Å². The molecule has 1 aliphatic rings. The second-order valence-corrected chi connectivity index (χ2v) is 4.13. The fourth-order valence-corrected chi connectivity index (χ4v) is 1.81. The van der Waals surface area contributed by atoms with E-state index in [0.717, 1.165) is 5.56 Å². The molecular weight excluding hydrogens is 236 g/mol. The van der Waals surface area contributed by atoms with E-state index in [1.165, 1.54) is 6.07 Å². The van der Waals surface area contributed by atoms with Gasteiger partial charge in [0.2, 0.25) is 0 Å². The number of benzene rings is 1. The van der Waals surface area contributed by atoms with E-state index in [0.29, 0.717) is 32.9 Å². The molecule has 98 valence electrons. The molecular formula is C12H16N2O4. The zero-order valence-corrected chi connectivity index (χ0v) is 10.0. The smallest absolute Gasteiger partial charge is 0.269 e. The summed E-state index contributed by atoms with van der Waals surface area (Å²) in [7, 11) is 0. The molecule has 1 aromatic carbocycles. The predicted molar refractivity (Wildman–Crippen MR) is 65.4 cm³/mol. The highest BCUT2D eigenvalue weighted by Gasteiger charge is 2.13. The molecule has 2 rings (SSSR count). The molecule has 0 aromatic heterocycles. The Labute approximate surface area is 105 Å². The summed E-state index contributed by atoms with van der Waals surface area (Å²) in [5, 5.41) is 13.8. The van der Waals surface area contributed by atoms with E-state index in [4.69, 9.17) is 9.47 Å². The molecule has 1 fully saturated rings. The Morgan fingerprint density at radius 2 is 2.33 bits per heavy atom. The lowest BCUT2D eigenvalue weighted by Gasteiger charge is -2.23. The SMILES string of the molecule is O=[N+]([O-])c1cccc(CNCC2COCCO2)c1. The predicted octanol–water partition coefficient (Wildman–Crippen LogP) is 1.10. The van der Waals surface area contributed by atoms with Crippen molar-refractivity contribution < 1.29 is 14.4 Å². The van der Waals surface area contributed by atoms with E-state index < -0.39 is 0 Å². The Bertz CT molecular complexity index is 405. The lowest BCUT2D eigenvalue weighted by Crippen LogP contribution is -2.37. The lowest BCUT2D eigenvalue weighted by molar-refractivity contribution is -0.384. The number of nitro benzene ring substituents is 1. The van der Waals surface area contributed by atoms with E-state index in [1.54, 1.807) is 12.1 Å². The van der Waals surface area contributed by atoms with E-state index in [2.05, 4.69) is 5.32 Å². The summed E-state index contributed by atoms with van der Waals surface area (Å²) in [5.41, 5.74) is 1.01. The number of nitro groups is 1. The molecule has 1 saturated heterocycles. The van der Waals surface area contributed by atoms with Gasteiger partial charge in [-0.2, -0.15) is 0 Å². The zero-order chi connectivity index (χ0) is 12.8. The number of hydrogen-bond acceptors (Lipinski definition) is 5. The molecule has 1 aliphatic heterocycles. The summed E-state index contributed by atoms with van der Waals surface area (Å²) < 4.78 is 10.8. The first-order valence-electron chi connectivity index (χ1n) is 5.89. The van der Waals surface area contributed by atoms with Crippen LogP contribution in [0, 0.1) is 10.1 Å². The van der Waals surface area contributed by atoms with Crippen molar-refractivity contribution in [1.29, 1.82) is 0 Å². The number of non-ortho nitro benzene ring substituents is 1. The van der Waals surface area contributed by atoms with Crippen LogP contribution in [0.2, 0.25) is 0 Å². The molecule has 0 saturated carbocycles. The van der Waals surface area contributed by atoms with Gasteiger partial charge in [-0.05, 0) is 5.56 Å². The maximum atomic E-state index is 10.6. The van der Waals surface area contributed by atoms with Crippen LogP contribution in [0.25, 0.3) is 0 Å². The Hall–Kier alpha value is -1.50. The molecule has 0 spiro atoms. The van der Waals surface area contributed by atoms with Crippen LogP contribution in [0.5, 0.6) is 0 Å². The van der Waals surface area contributed by atoms with Crippen LogP contribution < -0.4 is 5.32 Å². The molecule has 0 radical (unpaired) electrons. The van der Waals surface area contributed by atoms with Gasteiger partial charge in [-0.25, -0.2) is 0 Å². The van der Waals surface area contributed by atoms with Crippen molar-refractivity contribution in [2.75, 3.05) is 26.4 Å². The summed E-state index contributed by atoms with van der Waals surface area (Å²) in [5.74, 6) is 0. The third-order valence-corrected chi connectivity index (χ3v) is 2.71. The third-order valence-electron chi connectivity index (χ3n) is 2.71. The standard InChI is InChI=1S/C12H16N2O4/c15-14(16)11-3-1-2-10(6-11)7-13-8-12-9-17-4-5-18-12/h1-3,6,12-13H,4-5,7-9H2. The highest BCUT2D eigenvalue weighted by atomic mass is 16.6. The van der Waals surface area contributed by atoms with Crippen molar-refractivity contribution in [3.05, 3.63) is 39.9 Å². The van der Waals surface area contributed by atoms with E-state index in [9.17, 15) is 10.1 Å². The second-order valence-electron chi connectivity index (χ2n) is 4.13. The summed E-state index contributed by atoms with van der Waals surface area (Å²) in [6, 6.07) is 6.61. The summed E-state index contributed by atoms with van der Waals surface area (Å²) >= 11 is 0.